The van der Waals surface area contributed by atoms with E-state index in [1.54, 1.807) is 0 Å². The minimum atomic E-state index is -0.258. The first-order valence-electron chi connectivity index (χ1n) is 28.0. The minimum Gasteiger partial charge on any atom is -0.310 e. The van der Waals surface area contributed by atoms with Gasteiger partial charge in [-0.3, -0.25) is 0 Å². The second kappa shape index (κ2) is 19.6. The first kappa shape index (κ1) is 48.6. The third kappa shape index (κ3) is 8.52. The molecule has 0 fully saturated rings. The highest BCUT2D eigenvalue weighted by atomic mass is 15.2. The lowest BCUT2D eigenvalue weighted by atomic mass is 9.71. The first-order valence-corrected chi connectivity index (χ1v) is 28.0. The average molecular weight is 1030 g/mol. The fourth-order valence-electron chi connectivity index (χ4n) is 12.7. The Labute approximate surface area is 471 Å². The number of hydrogen-bond donors (Lipinski definition) is 0. The predicted molar refractivity (Wildman–Crippen MR) is 338 cm³/mol. The number of para-hydroxylation sites is 2. The van der Waals surface area contributed by atoms with Gasteiger partial charge in [0.25, 0.3) is 0 Å². The van der Waals surface area contributed by atoms with E-state index >= 15 is 0 Å². The van der Waals surface area contributed by atoms with Crippen molar-refractivity contribution in [2.75, 3.05) is 9.80 Å². The van der Waals surface area contributed by atoms with E-state index in [2.05, 4.69) is 329 Å². The predicted octanol–water partition coefficient (Wildman–Crippen LogP) is 21.6. The highest BCUT2D eigenvalue weighted by Gasteiger charge is 2.39. The molecule has 0 radical (unpaired) electrons. The van der Waals surface area contributed by atoms with Crippen LogP contribution in [0.2, 0.25) is 0 Å². The zero-order valence-electron chi connectivity index (χ0n) is 45.6. The molecular weight excluding hydrogens is 965 g/mol. The number of nitrogens with zero attached hydrogens (tertiary/aromatic N) is 2. The molecule has 0 atom stereocenters. The van der Waals surface area contributed by atoms with Crippen LogP contribution in [0.4, 0.5) is 34.1 Å². The molecule has 14 rings (SSSR count). The smallest absolute Gasteiger partial charge is 0.0503 e. The third-order valence-electron chi connectivity index (χ3n) is 17.0. The van der Waals surface area contributed by atoms with E-state index in [1.165, 1.54) is 123 Å². The van der Waals surface area contributed by atoms with Crippen molar-refractivity contribution >= 4 is 34.1 Å². The van der Waals surface area contributed by atoms with Gasteiger partial charge in [0.1, 0.15) is 0 Å². The van der Waals surface area contributed by atoms with Gasteiger partial charge in [-0.1, -0.05) is 222 Å². The van der Waals surface area contributed by atoms with Crippen molar-refractivity contribution in [2.24, 2.45) is 0 Å². The Kier molecular flexibility index (Phi) is 11.9. The molecule has 2 nitrogen and oxygen atoms in total. The van der Waals surface area contributed by atoms with Gasteiger partial charge < -0.3 is 9.80 Å². The van der Waals surface area contributed by atoms with Gasteiger partial charge in [-0.25, -0.2) is 0 Å². The van der Waals surface area contributed by atoms with Gasteiger partial charge in [0.05, 0.1) is 22.7 Å². The molecule has 0 saturated carbocycles. The number of anilines is 6. The molecule has 2 aliphatic rings. The van der Waals surface area contributed by atoms with Crippen LogP contribution in [0.3, 0.4) is 0 Å². The highest BCUT2D eigenvalue weighted by molar-refractivity contribution is 5.92. The molecule has 2 heterocycles. The summed E-state index contributed by atoms with van der Waals surface area (Å²) in [6.45, 7) is 9.54. The summed E-state index contributed by atoms with van der Waals surface area (Å²) in [5, 5.41) is 0. The molecule has 0 N–H and O–H groups in total. The number of rotatable bonds is 9. The van der Waals surface area contributed by atoms with E-state index < -0.39 is 0 Å². The van der Waals surface area contributed by atoms with Crippen LogP contribution in [0.15, 0.2) is 291 Å². The van der Waals surface area contributed by atoms with Crippen LogP contribution in [-0.2, 0) is 10.8 Å². The van der Waals surface area contributed by atoms with Gasteiger partial charge in [-0.2, -0.15) is 0 Å². The summed E-state index contributed by atoms with van der Waals surface area (Å²) < 4.78 is 0. The summed E-state index contributed by atoms with van der Waals surface area (Å²) in [6, 6.07) is 107. The highest BCUT2D eigenvalue weighted by Crippen LogP contribution is 2.55. The SMILES string of the molecule is CC1(C)c2ccccc2N(c2ccc(-c3cc(-c4ccccc4)cc(-c4ccccc4)c3)cc2)c2ccc(-c3ccc4c(c3)C(C)(C)c3ccccc3N4c3ccc(-c4cc(-c5ccccc5)cc(-c5ccccc5)c4)cc3)cc21. The van der Waals surface area contributed by atoms with E-state index in [1.807, 2.05) is 0 Å². The van der Waals surface area contributed by atoms with Crippen molar-refractivity contribution in [2.45, 2.75) is 38.5 Å². The van der Waals surface area contributed by atoms with Crippen LogP contribution in [0.25, 0.3) is 77.9 Å². The molecule has 0 bridgehead atoms. The summed E-state index contributed by atoms with van der Waals surface area (Å²) >= 11 is 0. The summed E-state index contributed by atoms with van der Waals surface area (Å²) in [7, 11) is 0. The monoisotopic (exact) mass is 1020 g/mol. The Balaban J connectivity index is 0.823. The lowest BCUT2D eigenvalue weighted by Crippen LogP contribution is -2.31. The Bertz CT molecular complexity index is 3860. The Morgan fingerprint density at radius 3 is 0.725 bits per heavy atom. The second-order valence-corrected chi connectivity index (χ2v) is 22.6. The van der Waals surface area contributed by atoms with E-state index in [-0.39, 0.29) is 10.8 Å². The molecule has 0 saturated heterocycles. The van der Waals surface area contributed by atoms with E-state index in [9.17, 15) is 0 Å². The Morgan fingerprint density at radius 2 is 0.425 bits per heavy atom. The molecule has 382 valence electrons. The van der Waals surface area contributed by atoms with E-state index in [0.29, 0.717) is 0 Å². The van der Waals surface area contributed by atoms with Crippen molar-refractivity contribution in [3.8, 4) is 77.9 Å². The van der Waals surface area contributed by atoms with Gasteiger partial charge in [0, 0.05) is 22.2 Å². The van der Waals surface area contributed by atoms with Crippen molar-refractivity contribution in [1.29, 1.82) is 0 Å². The van der Waals surface area contributed by atoms with Crippen LogP contribution < -0.4 is 9.80 Å². The van der Waals surface area contributed by atoms with Gasteiger partial charge in [-0.05, 0) is 197 Å². The number of fused-ring (bicyclic) bond motifs is 4. The molecule has 0 spiro atoms. The summed E-state index contributed by atoms with van der Waals surface area (Å²) in [6.07, 6.45) is 0. The summed E-state index contributed by atoms with van der Waals surface area (Å²) in [4.78, 5) is 4.94. The maximum Gasteiger partial charge on any atom is 0.0503 e. The van der Waals surface area contributed by atoms with Gasteiger partial charge in [-0.15, -0.1) is 0 Å². The molecule has 80 heavy (non-hydrogen) atoms. The maximum absolute atomic E-state index is 2.47. The van der Waals surface area contributed by atoms with Gasteiger partial charge in [0.15, 0.2) is 0 Å². The van der Waals surface area contributed by atoms with Crippen LogP contribution in [0, 0.1) is 0 Å². The fraction of sp³-hybridized carbons (Fsp3) is 0.0769. The van der Waals surface area contributed by atoms with Crippen molar-refractivity contribution in [3.05, 3.63) is 313 Å². The topological polar surface area (TPSA) is 6.48 Å². The van der Waals surface area contributed by atoms with Gasteiger partial charge >= 0.3 is 0 Å². The second-order valence-electron chi connectivity index (χ2n) is 22.6. The average Bonchev–Trinajstić information content (AvgIpc) is 3.56. The third-order valence-corrected chi connectivity index (χ3v) is 17.0. The number of benzene rings is 12. The normalized spacial score (nSPS) is 13.7. The van der Waals surface area contributed by atoms with Crippen LogP contribution in [-0.4, -0.2) is 0 Å². The quantitative estimate of drug-likeness (QED) is 0.142. The molecule has 2 heteroatoms. The molecular formula is C78H60N2. The number of hydrogen-bond acceptors (Lipinski definition) is 2. The lowest BCUT2D eigenvalue weighted by molar-refractivity contribution is 0.631. The molecule has 12 aromatic carbocycles. The Hall–Kier alpha value is -9.76. The van der Waals surface area contributed by atoms with E-state index in [0.717, 1.165) is 11.4 Å². The molecule has 0 aromatic heterocycles. The maximum atomic E-state index is 2.47. The van der Waals surface area contributed by atoms with E-state index in [4.69, 9.17) is 0 Å². The molecule has 0 unspecified atom stereocenters. The van der Waals surface area contributed by atoms with Crippen LogP contribution in [0.5, 0.6) is 0 Å². The largest absolute Gasteiger partial charge is 0.310 e. The van der Waals surface area contributed by atoms with Crippen LogP contribution in [0.1, 0.15) is 49.9 Å². The van der Waals surface area contributed by atoms with Crippen LogP contribution >= 0.6 is 0 Å². The van der Waals surface area contributed by atoms with Crippen molar-refractivity contribution < 1.29 is 0 Å². The zero-order chi connectivity index (χ0) is 54.0. The molecule has 0 amide bonds. The summed E-state index contributed by atoms with van der Waals surface area (Å²) in [5.41, 5.74) is 28.6. The lowest BCUT2D eigenvalue weighted by Gasteiger charge is -2.43. The molecule has 0 aliphatic carbocycles. The summed E-state index contributed by atoms with van der Waals surface area (Å²) in [5.74, 6) is 0. The Morgan fingerprint density at radius 1 is 0.188 bits per heavy atom. The fourth-order valence-corrected chi connectivity index (χ4v) is 12.7. The molecule has 2 aliphatic heterocycles. The van der Waals surface area contributed by atoms with Gasteiger partial charge in [0.2, 0.25) is 0 Å². The molecule has 12 aromatic rings. The zero-order valence-corrected chi connectivity index (χ0v) is 45.6. The minimum absolute atomic E-state index is 0.258. The standard InChI is InChI=1S/C78H60N2/c1-77(2)69-29-17-19-31-73(69)79(67-39-33-57(34-40-67)65-47-61(53-21-9-5-10-22-53)45-62(48-65)54-23-11-6-12-24-54)75-43-37-59(51-71(75)77)60-38-44-76-72(52-60)78(3,4)70-30-18-20-32-74(70)80(76)68-41-35-58(36-42-68)66-49-63(55-25-13-7-14-26-55)46-64(50-66)56-27-15-8-16-28-56/h5-52H,1-4H3. The first-order chi connectivity index (χ1) is 39.2. The van der Waals surface area contributed by atoms with Crippen molar-refractivity contribution in [1.82, 2.24) is 0 Å². The van der Waals surface area contributed by atoms with Crippen molar-refractivity contribution in [3.63, 3.8) is 0 Å².